The molecular weight excluding hydrogens is 212 g/mol. The topological polar surface area (TPSA) is 55.1 Å². The lowest BCUT2D eigenvalue weighted by molar-refractivity contribution is -0.123. The summed E-state index contributed by atoms with van der Waals surface area (Å²) in [6.45, 7) is 2.11. The molecule has 2 aliphatic carbocycles. The SMILES string of the molecule is CC(CC1CC1)NC(=O)CC1(N)CCCCC1. The van der Waals surface area contributed by atoms with Crippen molar-refractivity contribution in [1.29, 1.82) is 0 Å². The quantitative estimate of drug-likeness (QED) is 0.772. The minimum absolute atomic E-state index is 0.155. The van der Waals surface area contributed by atoms with Gasteiger partial charge in [0.05, 0.1) is 0 Å². The predicted octanol–water partition coefficient (Wildman–Crippen LogP) is 2.34. The van der Waals surface area contributed by atoms with E-state index in [1.54, 1.807) is 0 Å². The highest BCUT2D eigenvalue weighted by Gasteiger charge is 2.31. The lowest BCUT2D eigenvalue weighted by Gasteiger charge is -2.33. The number of carbonyl (C=O) groups excluding carboxylic acids is 1. The molecule has 2 aliphatic rings. The Morgan fingerprint density at radius 2 is 2.00 bits per heavy atom. The van der Waals surface area contributed by atoms with Crippen molar-refractivity contribution >= 4 is 5.91 Å². The standard InChI is InChI=1S/C14H26N2O/c1-11(9-12-5-6-12)16-13(17)10-14(15)7-3-2-4-8-14/h11-12H,2-10,15H2,1H3,(H,16,17). The molecule has 17 heavy (non-hydrogen) atoms. The van der Waals surface area contributed by atoms with Gasteiger partial charge in [0.25, 0.3) is 0 Å². The maximum Gasteiger partial charge on any atom is 0.222 e. The Kier molecular flexibility index (Phi) is 4.08. The second-order valence-electron chi connectivity index (χ2n) is 6.25. The van der Waals surface area contributed by atoms with Crippen LogP contribution >= 0.6 is 0 Å². The van der Waals surface area contributed by atoms with Crippen molar-refractivity contribution in [3.63, 3.8) is 0 Å². The van der Waals surface area contributed by atoms with E-state index in [9.17, 15) is 4.79 Å². The fourth-order valence-corrected chi connectivity index (χ4v) is 2.99. The highest BCUT2D eigenvalue weighted by molar-refractivity contribution is 5.77. The van der Waals surface area contributed by atoms with Crippen molar-refractivity contribution in [2.45, 2.75) is 76.3 Å². The number of rotatable bonds is 5. The summed E-state index contributed by atoms with van der Waals surface area (Å²) in [5, 5.41) is 3.10. The highest BCUT2D eigenvalue weighted by atomic mass is 16.1. The maximum absolute atomic E-state index is 11.9. The zero-order chi connectivity index (χ0) is 12.3. The van der Waals surface area contributed by atoms with Crippen LogP contribution in [0, 0.1) is 5.92 Å². The van der Waals surface area contributed by atoms with E-state index in [4.69, 9.17) is 5.73 Å². The molecular formula is C14H26N2O. The van der Waals surface area contributed by atoms with Gasteiger partial charge in [-0.25, -0.2) is 0 Å². The first-order chi connectivity index (χ1) is 8.07. The minimum atomic E-state index is -0.221. The molecule has 1 unspecified atom stereocenters. The number of nitrogens with two attached hydrogens (primary N) is 1. The Bertz CT molecular complexity index is 267. The van der Waals surface area contributed by atoms with Gasteiger partial charge in [-0.05, 0) is 32.1 Å². The van der Waals surface area contributed by atoms with Gasteiger partial charge in [0.1, 0.15) is 0 Å². The lowest BCUT2D eigenvalue weighted by atomic mass is 9.80. The van der Waals surface area contributed by atoms with E-state index in [0.717, 1.165) is 25.2 Å². The monoisotopic (exact) mass is 238 g/mol. The molecule has 0 bridgehead atoms. The van der Waals surface area contributed by atoms with Crippen LogP contribution in [0.2, 0.25) is 0 Å². The molecule has 0 heterocycles. The van der Waals surface area contributed by atoms with Crippen molar-refractivity contribution in [3.8, 4) is 0 Å². The molecule has 0 aliphatic heterocycles. The van der Waals surface area contributed by atoms with Crippen molar-refractivity contribution < 1.29 is 4.79 Å². The molecule has 0 aromatic carbocycles. The van der Waals surface area contributed by atoms with Crippen LogP contribution < -0.4 is 11.1 Å². The third kappa shape index (κ3) is 4.30. The molecule has 3 nitrogen and oxygen atoms in total. The summed E-state index contributed by atoms with van der Waals surface area (Å²) in [5.41, 5.74) is 6.07. The zero-order valence-electron chi connectivity index (χ0n) is 11.0. The molecule has 98 valence electrons. The fourth-order valence-electron chi connectivity index (χ4n) is 2.99. The van der Waals surface area contributed by atoms with Gasteiger partial charge in [-0.1, -0.05) is 32.1 Å². The Morgan fingerprint density at radius 3 is 2.59 bits per heavy atom. The third-order valence-electron chi connectivity index (χ3n) is 4.15. The summed E-state index contributed by atoms with van der Waals surface area (Å²) in [6.07, 6.45) is 10.0. The van der Waals surface area contributed by atoms with Gasteiger partial charge in [0.2, 0.25) is 5.91 Å². The van der Waals surface area contributed by atoms with Gasteiger partial charge in [-0.15, -0.1) is 0 Å². The maximum atomic E-state index is 11.9. The molecule has 1 amide bonds. The van der Waals surface area contributed by atoms with Crippen LogP contribution in [-0.2, 0) is 4.79 Å². The molecule has 2 saturated carbocycles. The number of hydrogen-bond acceptors (Lipinski definition) is 2. The second kappa shape index (κ2) is 5.38. The summed E-state index contributed by atoms with van der Waals surface area (Å²) < 4.78 is 0. The molecule has 1 atom stereocenters. The molecule has 3 N–H and O–H groups in total. The molecule has 0 saturated heterocycles. The molecule has 0 aromatic rings. The molecule has 0 radical (unpaired) electrons. The van der Waals surface area contributed by atoms with Crippen molar-refractivity contribution in [1.82, 2.24) is 5.32 Å². The van der Waals surface area contributed by atoms with E-state index < -0.39 is 0 Å². The Hall–Kier alpha value is -0.570. The highest BCUT2D eigenvalue weighted by Crippen LogP contribution is 2.33. The third-order valence-corrected chi connectivity index (χ3v) is 4.15. The number of amides is 1. The number of carbonyl (C=O) groups is 1. The zero-order valence-corrected chi connectivity index (χ0v) is 11.0. The second-order valence-corrected chi connectivity index (χ2v) is 6.25. The Morgan fingerprint density at radius 1 is 1.35 bits per heavy atom. The van der Waals surface area contributed by atoms with E-state index in [0.29, 0.717) is 12.5 Å². The van der Waals surface area contributed by atoms with Gasteiger partial charge < -0.3 is 11.1 Å². The van der Waals surface area contributed by atoms with Crippen molar-refractivity contribution in [3.05, 3.63) is 0 Å². The molecule has 2 fully saturated rings. The predicted molar refractivity (Wildman–Crippen MR) is 69.6 cm³/mol. The van der Waals surface area contributed by atoms with Gasteiger partial charge in [0, 0.05) is 18.0 Å². The lowest BCUT2D eigenvalue weighted by Crippen LogP contribution is -2.47. The number of nitrogens with one attached hydrogen (secondary N) is 1. The van der Waals surface area contributed by atoms with Gasteiger partial charge in [0.15, 0.2) is 0 Å². The average molecular weight is 238 g/mol. The van der Waals surface area contributed by atoms with Crippen LogP contribution in [0.25, 0.3) is 0 Å². The summed E-state index contributed by atoms with van der Waals surface area (Å²) in [4.78, 5) is 11.9. The summed E-state index contributed by atoms with van der Waals surface area (Å²) in [5.74, 6) is 1.02. The van der Waals surface area contributed by atoms with E-state index in [-0.39, 0.29) is 11.4 Å². The van der Waals surface area contributed by atoms with Crippen molar-refractivity contribution in [2.75, 3.05) is 0 Å². The first kappa shape index (κ1) is 12.9. The molecule has 0 aromatic heterocycles. The normalized spacial score (nSPS) is 25.3. The first-order valence-electron chi connectivity index (χ1n) is 7.16. The first-order valence-corrected chi connectivity index (χ1v) is 7.16. The van der Waals surface area contributed by atoms with E-state index in [1.165, 1.54) is 32.1 Å². The number of hydrogen-bond donors (Lipinski definition) is 2. The summed E-state index contributed by atoms with van der Waals surface area (Å²) >= 11 is 0. The largest absolute Gasteiger partial charge is 0.354 e. The Labute approximate surface area is 105 Å². The van der Waals surface area contributed by atoms with Gasteiger partial charge in [-0.2, -0.15) is 0 Å². The fraction of sp³-hybridized carbons (Fsp3) is 0.929. The van der Waals surface area contributed by atoms with E-state index in [2.05, 4.69) is 12.2 Å². The van der Waals surface area contributed by atoms with Gasteiger partial charge in [-0.3, -0.25) is 4.79 Å². The summed E-state index contributed by atoms with van der Waals surface area (Å²) in [7, 11) is 0. The van der Waals surface area contributed by atoms with Crippen LogP contribution in [0.1, 0.15) is 64.7 Å². The molecule has 0 spiro atoms. The van der Waals surface area contributed by atoms with Crippen LogP contribution in [-0.4, -0.2) is 17.5 Å². The van der Waals surface area contributed by atoms with E-state index >= 15 is 0 Å². The average Bonchev–Trinajstić information content (AvgIpc) is 3.01. The molecule has 3 heteroatoms. The van der Waals surface area contributed by atoms with Crippen LogP contribution in [0.4, 0.5) is 0 Å². The van der Waals surface area contributed by atoms with E-state index in [1.807, 2.05) is 0 Å². The Balaban J connectivity index is 1.71. The van der Waals surface area contributed by atoms with Crippen molar-refractivity contribution in [2.24, 2.45) is 11.7 Å². The van der Waals surface area contributed by atoms with Crippen LogP contribution in [0.15, 0.2) is 0 Å². The van der Waals surface area contributed by atoms with Crippen LogP contribution in [0.5, 0.6) is 0 Å². The smallest absolute Gasteiger partial charge is 0.222 e. The van der Waals surface area contributed by atoms with Gasteiger partial charge >= 0.3 is 0 Å². The minimum Gasteiger partial charge on any atom is -0.354 e. The summed E-state index contributed by atoms with van der Waals surface area (Å²) in [6, 6.07) is 0.321. The molecule has 2 rings (SSSR count). The van der Waals surface area contributed by atoms with Crippen LogP contribution in [0.3, 0.4) is 0 Å².